The van der Waals surface area contributed by atoms with Crippen LogP contribution >= 0.6 is 45.3 Å². The summed E-state index contributed by atoms with van der Waals surface area (Å²) in [7, 11) is 0. The van der Waals surface area contributed by atoms with Gasteiger partial charge in [0.15, 0.2) is 0 Å². The largest absolute Gasteiger partial charge is 0.416 e. The van der Waals surface area contributed by atoms with Crippen LogP contribution in [0.3, 0.4) is 0 Å². The molecule has 0 spiro atoms. The Balaban J connectivity index is 1.23. The number of thiophene rings is 4. The standard InChI is InChI=1S/C32H17F3S4/c1-16-2-4-17(5-3-16)24-12-19-10-22-28(14-26(19)36-24)38-31-23-11-20-13-25(37-27(20)15-29(23)39-30(22)31)18-6-8-21(9-7-18)32(33,34)35/h2-15H,1H3. The third-order valence-electron chi connectivity index (χ3n) is 7.19. The Morgan fingerprint density at radius 1 is 0.513 bits per heavy atom. The molecule has 0 radical (unpaired) electrons. The molecule has 0 saturated heterocycles. The lowest BCUT2D eigenvalue weighted by atomic mass is 10.1. The lowest BCUT2D eigenvalue weighted by molar-refractivity contribution is -0.137. The number of fused-ring (bicyclic) bond motifs is 7. The zero-order chi connectivity index (χ0) is 26.5. The predicted molar refractivity (Wildman–Crippen MR) is 166 cm³/mol. The van der Waals surface area contributed by atoms with Gasteiger partial charge in [-0.3, -0.25) is 0 Å². The summed E-state index contributed by atoms with van der Waals surface area (Å²) in [4.78, 5) is 2.27. The summed E-state index contributed by atoms with van der Waals surface area (Å²) < 4.78 is 46.6. The highest BCUT2D eigenvalue weighted by molar-refractivity contribution is 7.37. The van der Waals surface area contributed by atoms with E-state index in [4.69, 9.17) is 0 Å². The second-order valence-electron chi connectivity index (χ2n) is 9.80. The molecule has 0 fully saturated rings. The van der Waals surface area contributed by atoms with E-state index in [0.29, 0.717) is 0 Å². The second-order valence-corrected chi connectivity index (χ2v) is 14.1. The molecule has 0 saturated carbocycles. The summed E-state index contributed by atoms with van der Waals surface area (Å²) >= 11 is 7.15. The van der Waals surface area contributed by atoms with Crippen LogP contribution in [0.15, 0.2) is 84.9 Å². The van der Waals surface area contributed by atoms with Gasteiger partial charge in [-0.15, -0.1) is 45.3 Å². The number of hydrogen-bond acceptors (Lipinski definition) is 4. The monoisotopic (exact) mass is 586 g/mol. The van der Waals surface area contributed by atoms with Crippen molar-refractivity contribution in [3.8, 4) is 20.9 Å². The molecule has 0 aliphatic carbocycles. The van der Waals surface area contributed by atoms with Crippen LogP contribution in [0.1, 0.15) is 11.1 Å². The van der Waals surface area contributed by atoms with Gasteiger partial charge in [-0.05, 0) is 77.4 Å². The summed E-state index contributed by atoms with van der Waals surface area (Å²) in [6.45, 7) is 2.11. The minimum absolute atomic E-state index is 0.619. The molecule has 190 valence electrons. The van der Waals surface area contributed by atoms with Gasteiger partial charge >= 0.3 is 6.18 Å². The topological polar surface area (TPSA) is 0 Å². The molecule has 0 aliphatic rings. The molecule has 4 aromatic heterocycles. The molecule has 7 heteroatoms. The van der Waals surface area contributed by atoms with Crippen molar-refractivity contribution in [1.82, 2.24) is 0 Å². The zero-order valence-electron chi connectivity index (χ0n) is 20.3. The number of aryl methyl sites for hydroxylation is 1. The number of alkyl halides is 3. The van der Waals surface area contributed by atoms with Crippen LogP contribution in [-0.4, -0.2) is 0 Å². The molecule has 0 bridgehead atoms. The minimum atomic E-state index is -4.32. The molecule has 0 atom stereocenters. The smallest absolute Gasteiger partial charge is 0.166 e. The Morgan fingerprint density at radius 2 is 0.974 bits per heavy atom. The van der Waals surface area contributed by atoms with Gasteiger partial charge in [0.2, 0.25) is 0 Å². The van der Waals surface area contributed by atoms with Crippen molar-refractivity contribution in [2.75, 3.05) is 0 Å². The van der Waals surface area contributed by atoms with Crippen LogP contribution in [0.4, 0.5) is 13.2 Å². The van der Waals surface area contributed by atoms with Crippen LogP contribution < -0.4 is 0 Å². The highest BCUT2D eigenvalue weighted by atomic mass is 32.1. The van der Waals surface area contributed by atoms with E-state index in [1.165, 1.54) is 55.7 Å². The van der Waals surface area contributed by atoms with Crippen molar-refractivity contribution >= 4 is 95.1 Å². The van der Waals surface area contributed by atoms with E-state index >= 15 is 0 Å². The average Bonchev–Trinajstić information content (AvgIpc) is 3.67. The third kappa shape index (κ3) is 3.83. The average molecular weight is 587 g/mol. The van der Waals surface area contributed by atoms with Crippen molar-refractivity contribution in [3.63, 3.8) is 0 Å². The first-order valence-electron chi connectivity index (χ1n) is 12.3. The van der Waals surface area contributed by atoms with Crippen LogP contribution in [-0.2, 0) is 6.18 Å². The Bertz CT molecular complexity index is 2200. The van der Waals surface area contributed by atoms with E-state index in [-0.39, 0.29) is 0 Å². The van der Waals surface area contributed by atoms with Crippen molar-refractivity contribution in [1.29, 1.82) is 0 Å². The fraction of sp³-hybridized carbons (Fsp3) is 0.0625. The lowest BCUT2D eigenvalue weighted by Crippen LogP contribution is -2.03. The molecule has 0 unspecified atom stereocenters. The summed E-state index contributed by atoms with van der Waals surface area (Å²) in [5, 5.41) is 4.97. The quantitative estimate of drug-likeness (QED) is 0.189. The maximum Gasteiger partial charge on any atom is 0.416 e. The molecule has 39 heavy (non-hydrogen) atoms. The van der Waals surface area contributed by atoms with E-state index in [1.807, 2.05) is 34.0 Å². The summed E-state index contributed by atoms with van der Waals surface area (Å²) in [5.41, 5.74) is 2.71. The molecule has 8 rings (SSSR count). The summed E-state index contributed by atoms with van der Waals surface area (Å²) in [6, 6.07) is 27.7. The number of hydrogen-bond donors (Lipinski definition) is 0. The molecular formula is C32H17F3S4. The highest BCUT2D eigenvalue weighted by Crippen LogP contribution is 2.48. The van der Waals surface area contributed by atoms with Crippen LogP contribution in [0, 0.1) is 6.92 Å². The van der Waals surface area contributed by atoms with Gasteiger partial charge in [0, 0.05) is 39.3 Å². The first kappa shape index (κ1) is 23.6. The number of halogens is 3. The van der Waals surface area contributed by atoms with Gasteiger partial charge < -0.3 is 0 Å². The Labute approximate surface area is 237 Å². The molecule has 4 heterocycles. The van der Waals surface area contributed by atoms with Crippen LogP contribution in [0.25, 0.3) is 70.6 Å². The molecule has 0 aliphatic heterocycles. The Kier molecular flexibility index (Phi) is 5.08. The fourth-order valence-corrected chi connectivity index (χ4v) is 10.2. The van der Waals surface area contributed by atoms with Gasteiger partial charge in [0.05, 0.1) is 15.0 Å². The van der Waals surface area contributed by atoms with E-state index in [9.17, 15) is 13.2 Å². The summed E-state index contributed by atoms with van der Waals surface area (Å²) in [6.07, 6.45) is -4.32. The predicted octanol–water partition coefficient (Wildman–Crippen LogP) is 12.4. The molecule has 0 nitrogen and oxygen atoms in total. The SMILES string of the molecule is Cc1ccc(-c2cc3cc4c(cc3s2)sc2c3cc5cc(-c6ccc(C(F)(F)F)cc6)sc5cc3sc42)cc1. The van der Waals surface area contributed by atoms with E-state index in [0.717, 1.165) is 32.7 Å². The van der Waals surface area contributed by atoms with Gasteiger partial charge in [-0.25, -0.2) is 0 Å². The molecule has 4 aromatic carbocycles. The van der Waals surface area contributed by atoms with Crippen molar-refractivity contribution in [2.45, 2.75) is 13.1 Å². The maximum absolute atomic E-state index is 13.0. The van der Waals surface area contributed by atoms with Crippen LogP contribution in [0.2, 0.25) is 0 Å². The normalized spacial score (nSPS) is 12.6. The van der Waals surface area contributed by atoms with E-state index in [1.54, 1.807) is 23.5 Å². The van der Waals surface area contributed by atoms with Gasteiger partial charge in [0.25, 0.3) is 0 Å². The molecular weight excluding hydrogens is 570 g/mol. The maximum atomic E-state index is 13.0. The molecule has 8 aromatic rings. The van der Waals surface area contributed by atoms with Gasteiger partial charge in [0.1, 0.15) is 0 Å². The van der Waals surface area contributed by atoms with Gasteiger partial charge in [-0.2, -0.15) is 13.2 Å². The Hall–Kier alpha value is -3.23. The second kappa shape index (κ2) is 8.38. The number of rotatable bonds is 2. The zero-order valence-corrected chi connectivity index (χ0v) is 23.6. The minimum Gasteiger partial charge on any atom is -0.166 e. The Morgan fingerprint density at radius 3 is 1.44 bits per heavy atom. The van der Waals surface area contributed by atoms with Crippen molar-refractivity contribution in [3.05, 3.63) is 96.1 Å². The van der Waals surface area contributed by atoms with Crippen LogP contribution in [0.5, 0.6) is 0 Å². The first-order chi connectivity index (χ1) is 18.8. The van der Waals surface area contributed by atoms with Gasteiger partial charge in [-0.1, -0.05) is 42.0 Å². The van der Waals surface area contributed by atoms with E-state index in [2.05, 4.69) is 67.6 Å². The number of benzene rings is 4. The fourth-order valence-electron chi connectivity index (χ4n) is 5.15. The van der Waals surface area contributed by atoms with E-state index < -0.39 is 11.7 Å². The first-order valence-corrected chi connectivity index (χ1v) is 15.6. The third-order valence-corrected chi connectivity index (χ3v) is 12.0. The van der Waals surface area contributed by atoms with Crippen molar-refractivity contribution < 1.29 is 13.2 Å². The molecule has 0 N–H and O–H groups in total. The van der Waals surface area contributed by atoms with Crippen molar-refractivity contribution in [2.24, 2.45) is 0 Å². The highest BCUT2D eigenvalue weighted by Gasteiger charge is 2.30. The lowest BCUT2D eigenvalue weighted by Gasteiger charge is -2.06. The summed E-state index contributed by atoms with van der Waals surface area (Å²) in [5.74, 6) is 0. The molecule has 0 amide bonds.